The summed E-state index contributed by atoms with van der Waals surface area (Å²) in [5, 5.41) is 4.55. The normalized spacial score (nSPS) is 11.4. The van der Waals surface area contributed by atoms with E-state index in [1.807, 2.05) is 20.8 Å². The Labute approximate surface area is 200 Å². The maximum absolute atomic E-state index is 12.6. The molecule has 1 N–H and O–H groups in total. The van der Waals surface area contributed by atoms with Crippen LogP contribution in [0, 0.1) is 27.7 Å². The number of hydrogen-bond acceptors (Lipinski definition) is 6. The molecule has 0 fully saturated rings. The van der Waals surface area contributed by atoms with E-state index in [-0.39, 0.29) is 4.90 Å². The zero-order valence-electron chi connectivity index (χ0n) is 18.5. The number of aromatic nitrogens is 4. The highest BCUT2D eigenvalue weighted by molar-refractivity contribution is 9.10. The molecule has 0 spiro atoms. The number of nitrogens with one attached hydrogen (secondary N) is 1. The Kier molecular flexibility index (Phi) is 6.22. The van der Waals surface area contributed by atoms with Crippen molar-refractivity contribution < 1.29 is 13.2 Å². The van der Waals surface area contributed by atoms with Crippen LogP contribution in [0.4, 0.5) is 5.69 Å². The second kappa shape index (κ2) is 8.95. The first-order valence-corrected chi connectivity index (χ1v) is 12.4. The van der Waals surface area contributed by atoms with Gasteiger partial charge in [-0.15, -0.1) is 0 Å². The van der Waals surface area contributed by atoms with Crippen LogP contribution in [0.1, 0.15) is 22.8 Å². The zero-order valence-corrected chi connectivity index (χ0v) is 20.9. The number of halogens is 1. The molecule has 0 aliphatic carbocycles. The third-order valence-electron chi connectivity index (χ3n) is 5.12. The lowest BCUT2D eigenvalue weighted by Gasteiger charge is -2.11. The molecule has 0 aliphatic heterocycles. The van der Waals surface area contributed by atoms with Gasteiger partial charge in [-0.25, -0.2) is 18.1 Å². The van der Waals surface area contributed by atoms with E-state index < -0.39 is 10.0 Å². The molecule has 0 saturated heterocycles. The molecule has 0 unspecified atom stereocenters. The molecule has 0 saturated carbocycles. The molecule has 4 rings (SSSR count). The predicted molar refractivity (Wildman–Crippen MR) is 130 cm³/mol. The van der Waals surface area contributed by atoms with E-state index in [9.17, 15) is 8.42 Å². The van der Waals surface area contributed by atoms with E-state index in [1.54, 1.807) is 54.1 Å². The van der Waals surface area contributed by atoms with E-state index in [1.165, 1.54) is 12.1 Å². The van der Waals surface area contributed by atoms with Crippen LogP contribution < -0.4 is 9.46 Å². The van der Waals surface area contributed by atoms with Crippen molar-refractivity contribution in [2.45, 2.75) is 32.6 Å². The number of sulfonamides is 1. The highest BCUT2D eigenvalue weighted by atomic mass is 79.9. The molecule has 170 valence electrons. The van der Waals surface area contributed by atoms with Crippen LogP contribution in [0.3, 0.4) is 0 Å². The number of aryl methyl sites for hydroxylation is 2. The van der Waals surface area contributed by atoms with Crippen molar-refractivity contribution in [1.82, 2.24) is 19.7 Å². The van der Waals surface area contributed by atoms with Crippen LogP contribution in [-0.4, -0.2) is 28.2 Å². The summed E-state index contributed by atoms with van der Waals surface area (Å²) in [6.07, 6.45) is 0. The fourth-order valence-corrected chi connectivity index (χ4v) is 4.49. The summed E-state index contributed by atoms with van der Waals surface area (Å²) in [7, 11) is -3.69. The van der Waals surface area contributed by atoms with Crippen molar-refractivity contribution >= 4 is 31.6 Å². The van der Waals surface area contributed by atoms with Gasteiger partial charge in [-0.1, -0.05) is 15.9 Å². The minimum Gasteiger partial charge on any atom is -0.439 e. The molecule has 0 aliphatic rings. The van der Waals surface area contributed by atoms with Gasteiger partial charge in [0.05, 0.1) is 10.6 Å². The quantitative estimate of drug-likeness (QED) is 0.367. The lowest BCUT2D eigenvalue weighted by atomic mass is 10.2. The average Bonchev–Trinajstić information content (AvgIpc) is 3.02. The highest BCUT2D eigenvalue weighted by Crippen LogP contribution is 2.25. The number of benzene rings is 2. The van der Waals surface area contributed by atoms with Crippen LogP contribution in [0.25, 0.3) is 5.82 Å². The topological polar surface area (TPSA) is 99.0 Å². The standard InChI is InChI=1S/C23H22BrN5O3S/c1-14-15(2)27-29(16(14)3)22-13-23(26-17(4)25-22)32-20-9-7-19(8-10-20)28-33(30,31)21-11-5-18(24)6-12-21/h5-13,28H,1-4H3. The lowest BCUT2D eigenvalue weighted by molar-refractivity contribution is 0.459. The van der Waals surface area contributed by atoms with E-state index in [2.05, 4.69) is 35.7 Å². The van der Waals surface area contributed by atoms with Crippen LogP contribution in [-0.2, 0) is 10.0 Å². The zero-order chi connectivity index (χ0) is 23.8. The van der Waals surface area contributed by atoms with Gasteiger partial charge in [0, 0.05) is 21.9 Å². The molecule has 4 aromatic rings. The predicted octanol–water partition coefficient (Wildman–Crippen LogP) is 5.25. The van der Waals surface area contributed by atoms with Gasteiger partial charge in [0.15, 0.2) is 5.82 Å². The smallest absolute Gasteiger partial charge is 0.261 e. The van der Waals surface area contributed by atoms with Crippen LogP contribution in [0.5, 0.6) is 11.6 Å². The summed E-state index contributed by atoms with van der Waals surface area (Å²) >= 11 is 3.30. The molecule has 2 heterocycles. The van der Waals surface area contributed by atoms with Crippen LogP contribution in [0.15, 0.2) is 64.0 Å². The molecule has 0 amide bonds. The van der Waals surface area contributed by atoms with Crippen molar-refractivity contribution in [2.75, 3.05) is 4.72 Å². The Hall–Kier alpha value is -3.24. The van der Waals surface area contributed by atoms with Gasteiger partial charge in [0.1, 0.15) is 11.6 Å². The number of ether oxygens (including phenoxy) is 1. The van der Waals surface area contributed by atoms with Gasteiger partial charge in [0.2, 0.25) is 5.88 Å². The molecule has 8 nitrogen and oxygen atoms in total. The second-order valence-electron chi connectivity index (χ2n) is 7.51. The molecule has 0 atom stereocenters. The number of rotatable bonds is 6. The highest BCUT2D eigenvalue weighted by Gasteiger charge is 2.15. The van der Waals surface area contributed by atoms with E-state index in [0.717, 1.165) is 21.4 Å². The first-order chi connectivity index (χ1) is 15.6. The third-order valence-corrected chi connectivity index (χ3v) is 7.05. The van der Waals surface area contributed by atoms with Crippen molar-refractivity contribution in [3.8, 4) is 17.4 Å². The monoisotopic (exact) mass is 527 g/mol. The Morgan fingerprint density at radius 2 is 1.61 bits per heavy atom. The lowest BCUT2D eigenvalue weighted by Crippen LogP contribution is -2.12. The van der Waals surface area contributed by atoms with Crippen molar-refractivity contribution in [3.63, 3.8) is 0 Å². The van der Waals surface area contributed by atoms with E-state index in [0.29, 0.717) is 29.0 Å². The Morgan fingerprint density at radius 3 is 2.21 bits per heavy atom. The minimum atomic E-state index is -3.69. The summed E-state index contributed by atoms with van der Waals surface area (Å²) < 4.78 is 36.2. The molecular weight excluding hydrogens is 506 g/mol. The summed E-state index contributed by atoms with van der Waals surface area (Å²) in [6, 6.07) is 14.7. The maximum atomic E-state index is 12.6. The van der Waals surface area contributed by atoms with E-state index >= 15 is 0 Å². The number of anilines is 1. The molecule has 2 aromatic carbocycles. The van der Waals surface area contributed by atoms with Gasteiger partial charge >= 0.3 is 0 Å². The number of hydrogen-bond donors (Lipinski definition) is 1. The van der Waals surface area contributed by atoms with Crippen molar-refractivity contribution in [2.24, 2.45) is 0 Å². The van der Waals surface area contributed by atoms with Gasteiger partial charge in [-0.2, -0.15) is 10.1 Å². The molecular formula is C23H22BrN5O3S. The second-order valence-corrected chi connectivity index (χ2v) is 10.1. The summed E-state index contributed by atoms with van der Waals surface area (Å²) in [6.45, 7) is 7.75. The molecule has 0 radical (unpaired) electrons. The average molecular weight is 528 g/mol. The first kappa shape index (κ1) is 22.9. The van der Waals surface area contributed by atoms with Crippen molar-refractivity contribution in [1.29, 1.82) is 0 Å². The SMILES string of the molecule is Cc1nc(Oc2ccc(NS(=O)(=O)c3ccc(Br)cc3)cc2)cc(-n2nc(C)c(C)c2C)n1. The van der Waals surface area contributed by atoms with Crippen LogP contribution >= 0.6 is 15.9 Å². The van der Waals surface area contributed by atoms with Crippen molar-refractivity contribution in [3.05, 3.63) is 81.8 Å². The molecule has 33 heavy (non-hydrogen) atoms. The largest absolute Gasteiger partial charge is 0.439 e. The minimum absolute atomic E-state index is 0.175. The first-order valence-electron chi connectivity index (χ1n) is 10.1. The molecule has 0 bridgehead atoms. The third kappa shape index (κ3) is 5.07. The summed E-state index contributed by atoms with van der Waals surface area (Å²) in [4.78, 5) is 9.01. The Morgan fingerprint density at radius 1 is 0.939 bits per heavy atom. The summed E-state index contributed by atoms with van der Waals surface area (Å²) in [5.74, 6) is 2.04. The van der Waals surface area contributed by atoms with Gasteiger partial charge in [-0.05, 0) is 81.8 Å². The van der Waals surface area contributed by atoms with Crippen LogP contribution in [0.2, 0.25) is 0 Å². The van der Waals surface area contributed by atoms with Gasteiger partial charge in [-0.3, -0.25) is 4.72 Å². The maximum Gasteiger partial charge on any atom is 0.261 e. The Bertz CT molecular complexity index is 1420. The molecule has 2 aromatic heterocycles. The fraction of sp³-hybridized carbons (Fsp3) is 0.174. The Balaban J connectivity index is 1.53. The molecule has 10 heteroatoms. The van der Waals surface area contributed by atoms with Gasteiger partial charge in [0.25, 0.3) is 10.0 Å². The van der Waals surface area contributed by atoms with Gasteiger partial charge < -0.3 is 4.74 Å². The number of nitrogens with zero attached hydrogens (tertiary/aromatic N) is 4. The van der Waals surface area contributed by atoms with E-state index in [4.69, 9.17) is 4.74 Å². The summed E-state index contributed by atoms with van der Waals surface area (Å²) in [5.41, 5.74) is 3.46. The fourth-order valence-electron chi connectivity index (χ4n) is 3.17.